The van der Waals surface area contributed by atoms with Gasteiger partial charge < -0.3 is 15.1 Å². The average Bonchev–Trinajstić information content (AvgIpc) is 3.31. The van der Waals surface area contributed by atoms with Crippen LogP contribution in [-0.4, -0.2) is 27.3 Å². The van der Waals surface area contributed by atoms with E-state index < -0.39 is 15.9 Å². The number of nitrogens with one attached hydrogen (secondary N) is 3. The molecule has 2 aromatic carbocycles. The summed E-state index contributed by atoms with van der Waals surface area (Å²) in [7, 11) is -2.36. The van der Waals surface area contributed by atoms with Gasteiger partial charge in [-0.1, -0.05) is 12.1 Å². The molecule has 0 spiro atoms. The summed E-state index contributed by atoms with van der Waals surface area (Å²) in [6.07, 6.45) is 1.54. The van der Waals surface area contributed by atoms with Crippen LogP contribution in [0.4, 0.5) is 0 Å². The van der Waals surface area contributed by atoms with E-state index in [9.17, 15) is 18.0 Å². The first-order valence-corrected chi connectivity index (χ1v) is 11.4. The van der Waals surface area contributed by atoms with Crippen LogP contribution in [0.15, 0.2) is 64.1 Å². The van der Waals surface area contributed by atoms with Crippen molar-refractivity contribution < 1.29 is 22.4 Å². The second-order valence-electron chi connectivity index (χ2n) is 7.27. The van der Waals surface area contributed by atoms with Gasteiger partial charge in [0.25, 0.3) is 11.8 Å². The molecule has 3 rings (SSSR count). The zero-order valence-corrected chi connectivity index (χ0v) is 18.9. The zero-order chi connectivity index (χ0) is 23.3. The van der Waals surface area contributed by atoms with Crippen molar-refractivity contribution in [3.05, 3.63) is 88.4 Å². The van der Waals surface area contributed by atoms with Crippen LogP contribution in [0, 0.1) is 13.8 Å². The second-order valence-corrected chi connectivity index (χ2v) is 9.12. The van der Waals surface area contributed by atoms with Crippen LogP contribution in [0.25, 0.3) is 0 Å². The van der Waals surface area contributed by atoms with Crippen LogP contribution in [0.5, 0.6) is 0 Å². The molecule has 168 valence electrons. The molecule has 2 amide bonds. The third-order valence-corrected chi connectivity index (χ3v) is 6.63. The Hall–Kier alpha value is -3.43. The van der Waals surface area contributed by atoms with Gasteiger partial charge in [-0.2, -0.15) is 0 Å². The van der Waals surface area contributed by atoms with Crippen LogP contribution in [0.2, 0.25) is 0 Å². The second kappa shape index (κ2) is 9.80. The lowest BCUT2D eigenvalue weighted by atomic mass is 10.1. The molecular weight excluding hydrogens is 430 g/mol. The summed E-state index contributed by atoms with van der Waals surface area (Å²) in [4.78, 5) is 25.1. The molecule has 0 fully saturated rings. The molecule has 0 unspecified atom stereocenters. The summed E-state index contributed by atoms with van der Waals surface area (Å²) >= 11 is 0. The minimum absolute atomic E-state index is 0.0698. The largest absolute Gasteiger partial charge is 0.467 e. The fraction of sp³-hybridized carbons (Fsp3) is 0.217. The summed E-state index contributed by atoms with van der Waals surface area (Å²) in [6.45, 7) is 3.91. The summed E-state index contributed by atoms with van der Waals surface area (Å²) in [5, 5.41) is 5.55. The Morgan fingerprint density at radius 2 is 1.62 bits per heavy atom. The van der Waals surface area contributed by atoms with Crippen molar-refractivity contribution in [2.75, 3.05) is 7.05 Å². The smallest absolute Gasteiger partial charge is 0.251 e. The Balaban J connectivity index is 1.69. The number of sulfonamides is 1. The van der Waals surface area contributed by atoms with Crippen molar-refractivity contribution in [1.82, 2.24) is 15.4 Å². The molecule has 1 heterocycles. The maximum absolute atomic E-state index is 12.7. The number of hydrogen-bond acceptors (Lipinski definition) is 5. The van der Waals surface area contributed by atoms with E-state index in [-0.39, 0.29) is 29.5 Å². The molecular formula is C23H25N3O5S. The molecule has 32 heavy (non-hydrogen) atoms. The van der Waals surface area contributed by atoms with Crippen LogP contribution >= 0.6 is 0 Å². The number of benzene rings is 2. The van der Waals surface area contributed by atoms with Gasteiger partial charge in [-0.05, 0) is 74.0 Å². The third kappa shape index (κ3) is 5.43. The number of furan rings is 1. The van der Waals surface area contributed by atoms with E-state index in [4.69, 9.17) is 4.42 Å². The van der Waals surface area contributed by atoms with E-state index in [0.29, 0.717) is 22.5 Å². The summed E-state index contributed by atoms with van der Waals surface area (Å²) in [5.74, 6) is -0.0196. The fourth-order valence-corrected chi connectivity index (χ4v) is 4.20. The Labute approximate surface area is 187 Å². The van der Waals surface area contributed by atoms with Crippen molar-refractivity contribution in [1.29, 1.82) is 0 Å². The molecule has 0 atom stereocenters. The summed E-state index contributed by atoms with van der Waals surface area (Å²) < 4.78 is 32.0. The lowest BCUT2D eigenvalue weighted by molar-refractivity contribution is 0.0943. The van der Waals surface area contributed by atoms with Crippen LogP contribution < -0.4 is 15.4 Å². The van der Waals surface area contributed by atoms with Crippen LogP contribution in [0.1, 0.15) is 43.2 Å². The predicted molar refractivity (Wildman–Crippen MR) is 120 cm³/mol. The number of carbonyl (C=O) groups excluding carboxylic acids is 2. The standard InChI is InChI=1S/C23H25N3O5S/c1-15-10-19(12-21(16(15)2)32(29,30)24-3)23(28)25-13-17-6-4-7-18(11-17)22(27)26-14-20-8-5-9-31-20/h4-12,24H,13-14H2,1-3H3,(H,25,28)(H,26,27). The highest BCUT2D eigenvalue weighted by atomic mass is 32.2. The van der Waals surface area contributed by atoms with Crippen LogP contribution in [0.3, 0.4) is 0 Å². The molecule has 8 nitrogen and oxygen atoms in total. The van der Waals surface area contributed by atoms with Crippen LogP contribution in [-0.2, 0) is 23.1 Å². The van der Waals surface area contributed by atoms with E-state index in [0.717, 1.165) is 5.56 Å². The Kier molecular flexibility index (Phi) is 7.12. The van der Waals surface area contributed by atoms with Gasteiger partial charge in [0.05, 0.1) is 17.7 Å². The van der Waals surface area contributed by atoms with Gasteiger partial charge in [-0.15, -0.1) is 0 Å². The van der Waals surface area contributed by atoms with Crippen molar-refractivity contribution >= 4 is 21.8 Å². The summed E-state index contributed by atoms with van der Waals surface area (Å²) in [6, 6.07) is 13.4. The number of carbonyl (C=O) groups is 2. The molecule has 0 aliphatic rings. The van der Waals surface area contributed by atoms with Gasteiger partial charge in [0.15, 0.2) is 0 Å². The normalized spacial score (nSPS) is 11.2. The fourth-order valence-electron chi connectivity index (χ4n) is 3.14. The minimum Gasteiger partial charge on any atom is -0.467 e. The molecule has 0 saturated heterocycles. The highest BCUT2D eigenvalue weighted by Gasteiger charge is 2.19. The number of hydrogen-bond donors (Lipinski definition) is 3. The van der Waals surface area contributed by atoms with Gasteiger partial charge in [0.1, 0.15) is 5.76 Å². The first-order chi connectivity index (χ1) is 15.2. The SMILES string of the molecule is CNS(=O)(=O)c1cc(C(=O)NCc2cccc(C(=O)NCc3ccco3)c2)cc(C)c1C. The predicted octanol–water partition coefficient (Wildman–Crippen LogP) is 2.66. The molecule has 9 heteroatoms. The molecule has 0 radical (unpaired) electrons. The van der Waals surface area contributed by atoms with E-state index in [1.54, 1.807) is 56.3 Å². The monoisotopic (exact) mass is 455 g/mol. The zero-order valence-electron chi connectivity index (χ0n) is 18.1. The van der Waals surface area contributed by atoms with E-state index in [2.05, 4.69) is 15.4 Å². The first kappa shape index (κ1) is 23.2. The maximum atomic E-state index is 12.7. The summed E-state index contributed by atoms with van der Waals surface area (Å²) in [5.41, 5.74) is 2.72. The topological polar surface area (TPSA) is 118 Å². The van der Waals surface area contributed by atoms with Crippen molar-refractivity contribution in [2.24, 2.45) is 0 Å². The lowest BCUT2D eigenvalue weighted by Gasteiger charge is -2.13. The lowest BCUT2D eigenvalue weighted by Crippen LogP contribution is -2.25. The molecule has 0 bridgehead atoms. The van der Waals surface area contributed by atoms with E-state index in [1.165, 1.54) is 19.4 Å². The minimum atomic E-state index is -3.69. The molecule has 0 aliphatic heterocycles. The van der Waals surface area contributed by atoms with E-state index >= 15 is 0 Å². The molecule has 0 saturated carbocycles. The van der Waals surface area contributed by atoms with Gasteiger partial charge in [-0.25, -0.2) is 13.1 Å². The average molecular weight is 456 g/mol. The highest BCUT2D eigenvalue weighted by molar-refractivity contribution is 7.89. The van der Waals surface area contributed by atoms with Gasteiger partial charge in [0, 0.05) is 17.7 Å². The number of amides is 2. The first-order valence-electron chi connectivity index (χ1n) is 9.94. The van der Waals surface area contributed by atoms with E-state index in [1.807, 2.05) is 0 Å². The highest BCUT2D eigenvalue weighted by Crippen LogP contribution is 2.21. The Morgan fingerprint density at radius 3 is 2.31 bits per heavy atom. The Morgan fingerprint density at radius 1 is 0.906 bits per heavy atom. The maximum Gasteiger partial charge on any atom is 0.251 e. The number of aryl methyl sites for hydroxylation is 1. The quantitative estimate of drug-likeness (QED) is 0.483. The number of rotatable bonds is 8. The van der Waals surface area contributed by atoms with Gasteiger partial charge >= 0.3 is 0 Å². The van der Waals surface area contributed by atoms with Gasteiger partial charge in [-0.3, -0.25) is 9.59 Å². The van der Waals surface area contributed by atoms with Crippen molar-refractivity contribution in [3.8, 4) is 0 Å². The Bertz CT molecular complexity index is 1230. The molecule has 1 aromatic heterocycles. The van der Waals surface area contributed by atoms with Crippen molar-refractivity contribution in [2.45, 2.75) is 31.8 Å². The molecule has 3 N–H and O–H groups in total. The molecule has 0 aliphatic carbocycles. The molecule has 3 aromatic rings. The van der Waals surface area contributed by atoms with Crippen molar-refractivity contribution in [3.63, 3.8) is 0 Å². The van der Waals surface area contributed by atoms with Gasteiger partial charge in [0.2, 0.25) is 10.0 Å². The third-order valence-electron chi connectivity index (χ3n) is 5.09.